The second-order valence-electron chi connectivity index (χ2n) is 11.0. The number of hydrogen-bond donors (Lipinski definition) is 0. The van der Waals surface area contributed by atoms with Crippen LogP contribution in [0.2, 0.25) is 0 Å². The highest BCUT2D eigenvalue weighted by Crippen LogP contribution is 2.94. The minimum absolute atomic E-state index is 0.233. The fourth-order valence-electron chi connectivity index (χ4n) is 5.46. The Labute approximate surface area is 174 Å². The molecule has 0 saturated heterocycles. The van der Waals surface area contributed by atoms with Crippen molar-refractivity contribution in [2.45, 2.75) is 75.5 Å². The molecule has 4 atom stereocenters. The lowest BCUT2D eigenvalue weighted by molar-refractivity contribution is 0.722. The Hall–Kier alpha value is -0.700. The van der Waals surface area contributed by atoms with Crippen molar-refractivity contribution in [1.29, 1.82) is 0 Å². The summed E-state index contributed by atoms with van der Waals surface area (Å²) in [5, 5.41) is 0.466. The van der Waals surface area contributed by atoms with E-state index < -0.39 is 14.5 Å². The van der Waals surface area contributed by atoms with Crippen LogP contribution in [0.3, 0.4) is 0 Å². The SMILES string of the molecule is [CH2-][P+]1(C(C)(C)C)Cc2ccccc2C1[C@H]1c2ccccc2C[P+]1([CH2-])C(C)(C)C. The highest BCUT2D eigenvalue weighted by atomic mass is 31.2. The quantitative estimate of drug-likeness (QED) is 0.326. The Balaban J connectivity index is 2.00. The average Bonchev–Trinajstić information content (AvgIpc) is 3.05. The van der Waals surface area contributed by atoms with Gasteiger partial charge >= 0.3 is 0 Å². The van der Waals surface area contributed by atoms with Crippen LogP contribution in [0, 0.1) is 13.3 Å². The summed E-state index contributed by atoms with van der Waals surface area (Å²) in [7, 11) is -3.02. The molecule has 0 fully saturated rings. The van der Waals surface area contributed by atoms with Gasteiger partial charge in [-0.3, -0.25) is 0 Å². The Morgan fingerprint density at radius 2 is 0.964 bits per heavy atom. The summed E-state index contributed by atoms with van der Waals surface area (Å²) in [6.45, 7) is 24.8. The van der Waals surface area contributed by atoms with Crippen molar-refractivity contribution in [3.05, 3.63) is 84.1 Å². The van der Waals surface area contributed by atoms with Crippen molar-refractivity contribution in [2.75, 3.05) is 0 Å². The van der Waals surface area contributed by atoms with E-state index in [4.69, 9.17) is 13.3 Å². The summed E-state index contributed by atoms with van der Waals surface area (Å²) in [6, 6.07) is 18.5. The molecule has 0 nitrogen and oxygen atoms in total. The zero-order valence-corrected chi connectivity index (χ0v) is 20.3. The molecule has 150 valence electrons. The molecule has 28 heavy (non-hydrogen) atoms. The summed E-state index contributed by atoms with van der Waals surface area (Å²) in [5.41, 5.74) is 7.35. The number of benzene rings is 2. The third-order valence-electron chi connectivity index (χ3n) is 7.69. The lowest BCUT2D eigenvalue weighted by Gasteiger charge is -2.51. The van der Waals surface area contributed by atoms with Crippen molar-refractivity contribution < 1.29 is 0 Å². The van der Waals surface area contributed by atoms with Crippen molar-refractivity contribution in [1.82, 2.24) is 0 Å². The van der Waals surface area contributed by atoms with Crippen LogP contribution in [-0.4, -0.2) is 10.3 Å². The molecule has 0 amide bonds. The summed E-state index contributed by atoms with van der Waals surface area (Å²) in [4.78, 5) is 0. The van der Waals surface area contributed by atoms with Gasteiger partial charge in [-0.1, -0.05) is 63.1 Å². The van der Waals surface area contributed by atoms with Crippen LogP contribution >= 0.6 is 14.5 Å². The van der Waals surface area contributed by atoms with Gasteiger partial charge in [0.1, 0.15) is 11.3 Å². The van der Waals surface area contributed by atoms with Crippen LogP contribution in [0.15, 0.2) is 48.5 Å². The standard InChI is InChI=1S/C26H36P2/c1-25(2,3)27(7)17-19-13-9-11-15-21(19)23(27)24-22-16-12-10-14-20(22)18-28(24,8)26(4,5)6/h9-16,23-24H,7-8,17-18H2,1-6H3/t23-,24?,27?,28?/m1/s1. The molecule has 3 unspecified atom stereocenters. The van der Waals surface area contributed by atoms with E-state index in [1.165, 1.54) is 12.3 Å². The van der Waals surface area contributed by atoms with Crippen LogP contribution < -0.4 is 0 Å². The molecule has 2 heteroatoms. The monoisotopic (exact) mass is 410 g/mol. The average molecular weight is 411 g/mol. The van der Waals surface area contributed by atoms with Crippen LogP contribution in [-0.2, 0) is 12.3 Å². The summed E-state index contributed by atoms with van der Waals surface area (Å²) in [5.74, 6) is 0. The van der Waals surface area contributed by atoms with Gasteiger partial charge in [-0.15, -0.1) is 0 Å². The first kappa shape index (κ1) is 20.6. The molecular formula is C26H36P2. The third kappa shape index (κ3) is 2.78. The molecule has 2 aliphatic heterocycles. The van der Waals surface area contributed by atoms with Gasteiger partial charge in [0.05, 0.1) is 12.3 Å². The molecule has 0 aliphatic carbocycles. The van der Waals surface area contributed by atoms with Gasteiger partial charge in [0.25, 0.3) is 0 Å². The zero-order chi connectivity index (χ0) is 20.5. The fraction of sp³-hybridized carbons (Fsp3) is 0.462. The lowest BCUT2D eigenvalue weighted by Crippen LogP contribution is -2.28. The molecule has 0 bridgehead atoms. The topological polar surface area (TPSA) is 0 Å². The van der Waals surface area contributed by atoms with Crippen LogP contribution in [0.4, 0.5) is 0 Å². The molecule has 0 spiro atoms. The predicted molar refractivity (Wildman–Crippen MR) is 130 cm³/mol. The van der Waals surface area contributed by atoms with Crippen LogP contribution in [0.1, 0.15) is 75.1 Å². The second-order valence-corrected chi connectivity index (χ2v) is 19.6. The van der Waals surface area contributed by atoms with Gasteiger partial charge in [-0.25, -0.2) is 0 Å². The van der Waals surface area contributed by atoms with Gasteiger partial charge in [0.2, 0.25) is 0 Å². The third-order valence-corrected chi connectivity index (χ3v) is 18.4. The first-order valence-corrected chi connectivity index (χ1v) is 15.0. The van der Waals surface area contributed by atoms with Gasteiger partial charge in [0.15, 0.2) is 0 Å². The van der Waals surface area contributed by atoms with E-state index >= 15 is 0 Å². The molecule has 0 N–H and O–H groups in total. The van der Waals surface area contributed by atoms with E-state index in [9.17, 15) is 0 Å². The fourth-order valence-corrected chi connectivity index (χ4v) is 14.8. The van der Waals surface area contributed by atoms with E-state index in [-0.39, 0.29) is 10.3 Å². The van der Waals surface area contributed by atoms with Crippen molar-refractivity contribution in [3.8, 4) is 0 Å². The van der Waals surface area contributed by atoms with Gasteiger partial charge in [-0.05, 0) is 52.7 Å². The zero-order valence-electron chi connectivity index (χ0n) is 18.5. The summed E-state index contributed by atoms with van der Waals surface area (Å²) in [6.07, 6.45) is 2.36. The number of rotatable bonds is 1. The molecule has 0 saturated carbocycles. The largest absolute Gasteiger partial charge is 0.178 e. The molecule has 0 aromatic heterocycles. The van der Waals surface area contributed by atoms with Gasteiger partial charge < -0.3 is 0 Å². The predicted octanol–water partition coefficient (Wildman–Crippen LogP) is 8.71. The summed E-state index contributed by atoms with van der Waals surface area (Å²) < 4.78 is 0. The molecule has 2 aromatic rings. The maximum atomic E-state index is 5.10. The minimum atomic E-state index is -1.51. The van der Waals surface area contributed by atoms with E-state index in [1.54, 1.807) is 22.3 Å². The normalized spacial score (nSPS) is 32.3. The molecule has 4 rings (SSSR count). The number of hydrogen-bond acceptors (Lipinski definition) is 0. The van der Waals surface area contributed by atoms with Crippen molar-refractivity contribution in [3.63, 3.8) is 0 Å². The smallest absolute Gasteiger partial charge is 0.107 e. The number of fused-ring (bicyclic) bond motifs is 2. The van der Waals surface area contributed by atoms with Crippen LogP contribution in [0.25, 0.3) is 0 Å². The molecule has 2 heterocycles. The first-order valence-electron chi connectivity index (χ1n) is 10.5. The van der Waals surface area contributed by atoms with E-state index in [1.807, 2.05) is 0 Å². The Morgan fingerprint density at radius 1 is 0.643 bits per heavy atom. The Morgan fingerprint density at radius 3 is 1.29 bits per heavy atom. The van der Waals surface area contributed by atoms with Crippen LogP contribution in [0.5, 0.6) is 0 Å². The molecule has 2 aromatic carbocycles. The van der Waals surface area contributed by atoms with E-state index in [0.717, 1.165) is 0 Å². The Kier molecular flexibility index (Phi) is 4.70. The van der Waals surface area contributed by atoms with Gasteiger partial charge in [0, 0.05) is 21.4 Å². The first-order chi connectivity index (χ1) is 12.9. The van der Waals surface area contributed by atoms with Crippen molar-refractivity contribution >= 4 is 14.5 Å². The van der Waals surface area contributed by atoms with E-state index in [0.29, 0.717) is 11.3 Å². The lowest BCUT2D eigenvalue weighted by atomic mass is 9.98. The summed E-state index contributed by atoms with van der Waals surface area (Å²) >= 11 is 0. The minimum Gasteiger partial charge on any atom is -0.178 e. The van der Waals surface area contributed by atoms with Crippen molar-refractivity contribution in [2.24, 2.45) is 0 Å². The van der Waals surface area contributed by atoms with E-state index in [2.05, 4.69) is 90.1 Å². The second kappa shape index (κ2) is 6.40. The highest BCUT2D eigenvalue weighted by molar-refractivity contribution is 7.82. The molecular weight excluding hydrogens is 374 g/mol. The maximum absolute atomic E-state index is 5.10. The Bertz CT molecular complexity index is 826. The van der Waals surface area contributed by atoms with Gasteiger partial charge in [-0.2, -0.15) is 13.3 Å². The molecule has 0 radical (unpaired) electrons. The maximum Gasteiger partial charge on any atom is 0.107 e. The highest BCUT2D eigenvalue weighted by Gasteiger charge is 2.63. The molecule has 2 aliphatic rings.